The summed E-state index contributed by atoms with van der Waals surface area (Å²) in [5, 5.41) is 14.3. The zero-order valence-corrected chi connectivity index (χ0v) is 22.4. The van der Waals surface area contributed by atoms with Crippen molar-refractivity contribution in [1.29, 1.82) is 0 Å². The molecule has 2 aromatic rings. The van der Waals surface area contributed by atoms with Gasteiger partial charge in [-0.05, 0) is 36.8 Å². The second kappa shape index (κ2) is 12.9. The summed E-state index contributed by atoms with van der Waals surface area (Å²) in [6.45, 7) is 5.01. The van der Waals surface area contributed by atoms with Crippen LogP contribution in [0.5, 0.6) is 0 Å². The molecule has 0 radical (unpaired) electrons. The van der Waals surface area contributed by atoms with Crippen molar-refractivity contribution in [3.63, 3.8) is 0 Å². The van der Waals surface area contributed by atoms with Crippen LogP contribution in [0.4, 0.5) is 13.6 Å². The van der Waals surface area contributed by atoms with Crippen LogP contribution in [0.2, 0.25) is 0 Å². The van der Waals surface area contributed by atoms with E-state index in [9.17, 15) is 23.2 Å². The van der Waals surface area contributed by atoms with E-state index < -0.39 is 35.2 Å². The maximum atomic E-state index is 14.0. The zero-order chi connectivity index (χ0) is 28.7. The van der Waals surface area contributed by atoms with Crippen molar-refractivity contribution in [3.05, 3.63) is 41.2 Å². The number of ether oxygens (including phenoxy) is 2. The van der Waals surface area contributed by atoms with Gasteiger partial charge in [-0.1, -0.05) is 6.07 Å². The highest BCUT2D eigenvalue weighted by Gasteiger charge is 2.31. The third-order valence-corrected chi connectivity index (χ3v) is 6.31. The van der Waals surface area contributed by atoms with E-state index in [1.807, 2.05) is 0 Å². The highest BCUT2D eigenvalue weighted by molar-refractivity contribution is 5.85. The zero-order valence-electron chi connectivity index (χ0n) is 22.4. The normalized spacial score (nSPS) is 16.2. The van der Waals surface area contributed by atoms with Gasteiger partial charge in [0.25, 0.3) is 0 Å². The quantitative estimate of drug-likeness (QED) is 0.410. The smallest absolute Gasteiger partial charge is 0.409 e. The number of rotatable bonds is 11. The maximum Gasteiger partial charge on any atom is 0.409 e. The fourth-order valence-corrected chi connectivity index (χ4v) is 3.86. The van der Waals surface area contributed by atoms with Crippen molar-refractivity contribution >= 4 is 17.9 Å². The molecule has 0 spiro atoms. The van der Waals surface area contributed by atoms with Crippen molar-refractivity contribution in [1.82, 2.24) is 35.3 Å². The average molecular weight is 553 g/mol. The third kappa shape index (κ3) is 8.13. The number of tetrazole rings is 1. The minimum Gasteiger partial charge on any atom is -0.447 e. The fraction of sp³-hybridized carbons (Fsp3) is 0.583. The van der Waals surface area contributed by atoms with Gasteiger partial charge >= 0.3 is 6.09 Å². The standard InChI is InChI=1S/C24H34F2N8O5/c1-15(35)32(4)18-7-8-33(12-18)23(37)39-10-9-34-21(29-30-31-34)20(28-22(36)24(2,3)27)14-38-13-16-5-6-17(25)11-19(16)26/h5-6,11,18,20H,7-10,12-14,27H2,1-4H3,(H,28,36)/t18?,20-/m1/s1. The summed E-state index contributed by atoms with van der Waals surface area (Å²) in [6.07, 6.45) is 0.131. The van der Waals surface area contributed by atoms with Gasteiger partial charge in [0.1, 0.15) is 24.3 Å². The number of benzene rings is 1. The van der Waals surface area contributed by atoms with E-state index in [1.165, 1.54) is 36.4 Å². The Morgan fingerprint density at radius 1 is 1.31 bits per heavy atom. The second-order valence-electron chi connectivity index (χ2n) is 9.89. The molecular formula is C24H34F2N8O5. The van der Waals surface area contributed by atoms with E-state index in [2.05, 4.69) is 20.8 Å². The molecule has 1 unspecified atom stereocenters. The number of halogens is 2. The highest BCUT2D eigenvalue weighted by Crippen LogP contribution is 2.17. The number of nitrogens with one attached hydrogen (secondary N) is 1. The molecule has 0 aliphatic carbocycles. The Hall–Kier alpha value is -3.72. The molecule has 1 aromatic carbocycles. The van der Waals surface area contributed by atoms with Gasteiger partial charge in [0.15, 0.2) is 5.82 Å². The van der Waals surface area contributed by atoms with Crippen LogP contribution in [0.15, 0.2) is 18.2 Å². The molecule has 1 fully saturated rings. The Morgan fingerprint density at radius 2 is 2.05 bits per heavy atom. The molecule has 3 N–H and O–H groups in total. The number of aromatic nitrogens is 4. The Morgan fingerprint density at radius 3 is 2.72 bits per heavy atom. The van der Waals surface area contributed by atoms with E-state index in [-0.39, 0.29) is 49.7 Å². The first-order chi connectivity index (χ1) is 18.4. The molecule has 39 heavy (non-hydrogen) atoms. The monoisotopic (exact) mass is 552 g/mol. The van der Waals surface area contributed by atoms with Gasteiger partial charge in [-0.25, -0.2) is 18.3 Å². The number of nitrogens with two attached hydrogens (primary N) is 1. The van der Waals surface area contributed by atoms with Gasteiger partial charge in [0.05, 0.1) is 31.3 Å². The molecule has 0 bridgehead atoms. The number of nitrogens with zero attached hydrogens (tertiary/aromatic N) is 6. The highest BCUT2D eigenvalue weighted by atomic mass is 19.1. The fourth-order valence-electron chi connectivity index (χ4n) is 3.86. The maximum absolute atomic E-state index is 14.0. The van der Waals surface area contributed by atoms with Crippen molar-refractivity contribution in [2.45, 2.75) is 58.0 Å². The van der Waals surface area contributed by atoms with Crippen molar-refractivity contribution in [2.24, 2.45) is 5.73 Å². The van der Waals surface area contributed by atoms with Gasteiger partial charge in [-0.15, -0.1) is 5.10 Å². The van der Waals surface area contributed by atoms with Crippen LogP contribution < -0.4 is 11.1 Å². The Bertz CT molecular complexity index is 1170. The first kappa shape index (κ1) is 29.8. The van der Waals surface area contributed by atoms with E-state index >= 15 is 0 Å². The van der Waals surface area contributed by atoms with Gasteiger partial charge in [0.2, 0.25) is 11.8 Å². The van der Waals surface area contributed by atoms with E-state index in [0.29, 0.717) is 19.5 Å². The van der Waals surface area contributed by atoms with Crippen molar-refractivity contribution < 1.29 is 32.6 Å². The molecule has 3 rings (SSSR count). The lowest BCUT2D eigenvalue weighted by Crippen LogP contribution is -2.51. The molecule has 3 amide bonds. The molecule has 2 heterocycles. The van der Waals surface area contributed by atoms with Crippen LogP contribution >= 0.6 is 0 Å². The topological polar surface area (TPSA) is 158 Å². The van der Waals surface area contributed by atoms with Crippen LogP contribution in [0, 0.1) is 11.6 Å². The molecule has 1 aliphatic heterocycles. The summed E-state index contributed by atoms with van der Waals surface area (Å²) in [5.74, 6) is -1.86. The summed E-state index contributed by atoms with van der Waals surface area (Å²) in [6, 6.07) is 2.18. The second-order valence-corrected chi connectivity index (χ2v) is 9.89. The first-order valence-electron chi connectivity index (χ1n) is 12.4. The Kier molecular flexibility index (Phi) is 9.86. The van der Waals surface area contributed by atoms with Crippen LogP contribution in [0.3, 0.4) is 0 Å². The minimum absolute atomic E-state index is 0.0642. The summed E-state index contributed by atoms with van der Waals surface area (Å²) >= 11 is 0. The SMILES string of the molecule is CC(=O)N(C)C1CCN(C(=O)OCCn2nnnc2[C@@H](COCc2ccc(F)cc2F)NC(=O)C(C)(C)N)C1. The molecule has 0 saturated carbocycles. The third-order valence-electron chi connectivity index (χ3n) is 6.31. The predicted molar refractivity (Wildman–Crippen MR) is 133 cm³/mol. The van der Waals surface area contributed by atoms with E-state index in [4.69, 9.17) is 15.2 Å². The van der Waals surface area contributed by atoms with Crippen LogP contribution in [-0.4, -0.2) is 92.8 Å². The lowest BCUT2D eigenvalue weighted by Gasteiger charge is -2.24. The number of hydrogen-bond acceptors (Lipinski definition) is 9. The lowest BCUT2D eigenvalue weighted by atomic mass is 10.1. The van der Waals surface area contributed by atoms with Gasteiger partial charge in [0, 0.05) is 38.7 Å². The van der Waals surface area contributed by atoms with Gasteiger partial charge in [-0.3, -0.25) is 9.59 Å². The van der Waals surface area contributed by atoms with E-state index in [0.717, 1.165) is 12.1 Å². The van der Waals surface area contributed by atoms with Crippen LogP contribution in [0.25, 0.3) is 0 Å². The van der Waals surface area contributed by atoms with E-state index in [1.54, 1.807) is 11.9 Å². The van der Waals surface area contributed by atoms with Gasteiger partial charge in [-0.2, -0.15) is 0 Å². The summed E-state index contributed by atoms with van der Waals surface area (Å²) < 4.78 is 39.5. The number of hydrogen-bond donors (Lipinski definition) is 2. The molecule has 15 heteroatoms. The number of likely N-dealkylation sites (tertiary alicyclic amines) is 1. The van der Waals surface area contributed by atoms with Crippen LogP contribution in [-0.2, 0) is 32.2 Å². The van der Waals surface area contributed by atoms with Gasteiger partial charge < -0.3 is 30.3 Å². The first-order valence-corrected chi connectivity index (χ1v) is 12.4. The largest absolute Gasteiger partial charge is 0.447 e. The molecule has 1 aromatic heterocycles. The summed E-state index contributed by atoms with van der Waals surface area (Å²) in [7, 11) is 1.70. The van der Waals surface area contributed by atoms with Crippen LogP contribution in [0.1, 0.15) is 44.6 Å². The molecule has 1 aliphatic rings. The summed E-state index contributed by atoms with van der Waals surface area (Å²) in [5.41, 5.74) is 4.82. The minimum atomic E-state index is -1.22. The summed E-state index contributed by atoms with van der Waals surface area (Å²) in [4.78, 5) is 39.8. The molecule has 214 valence electrons. The molecule has 1 saturated heterocycles. The van der Waals surface area contributed by atoms with Crippen molar-refractivity contribution in [3.8, 4) is 0 Å². The van der Waals surface area contributed by atoms with Crippen molar-refractivity contribution in [2.75, 3.05) is 33.4 Å². The Balaban J connectivity index is 1.61. The average Bonchev–Trinajstić information content (AvgIpc) is 3.53. The number of likely N-dealkylation sites (N-methyl/N-ethyl adjacent to an activating group) is 1. The number of carbonyl (C=O) groups excluding carboxylic acids is 3. The lowest BCUT2D eigenvalue weighted by molar-refractivity contribution is -0.129. The predicted octanol–water partition coefficient (Wildman–Crippen LogP) is 0.752. The number of amides is 3. The molecule has 13 nitrogen and oxygen atoms in total. The molecular weight excluding hydrogens is 518 g/mol. The molecule has 2 atom stereocenters. The number of carbonyl (C=O) groups is 3. The Labute approximate surface area is 224 Å².